The maximum Gasteiger partial charge on any atom is 0.137 e. The summed E-state index contributed by atoms with van der Waals surface area (Å²) < 4.78 is 15.6. The summed E-state index contributed by atoms with van der Waals surface area (Å²) in [7, 11) is 1.83. The zero-order chi connectivity index (χ0) is 13.3. The number of nitrogens with zero attached hydrogens (tertiary/aromatic N) is 2. The maximum atomic E-state index is 13.9. The van der Waals surface area contributed by atoms with Crippen LogP contribution < -0.4 is 0 Å². The number of hydrogen-bond donors (Lipinski definition) is 1. The van der Waals surface area contributed by atoms with Crippen molar-refractivity contribution < 1.29 is 9.50 Å². The van der Waals surface area contributed by atoms with Crippen LogP contribution in [0.4, 0.5) is 4.39 Å². The number of benzene rings is 1. The Labute approximate surface area is 110 Å². The van der Waals surface area contributed by atoms with Gasteiger partial charge in [-0.2, -0.15) is 5.10 Å². The number of aryl methyl sites for hydroxylation is 2. The van der Waals surface area contributed by atoms with Gasteiger partial charge in [-0.15, -0.1) is 0 Å². The zero-order valence-corrected chi connectivity index (χ0v) is 11.3. The fraction of sp³-hybridized carbons (Fsp3) is 0.308. The van der Waals surface area contributed by atoms with Crippen LogP contribution in [-0.4, -0.2) is 14.9 Å². The number of halogens is 1. The molecule has 0 fully saturated rings. The molecule has 2 rings (SSSR count). The standard InChI is InChI=1S/C13H15FN2OS/c1-8-6-13(16(3)15-8)18-12-5-4-10(9(2)17)7-11(12)14/h4-7,9,17H,1-3H3. The molecule has 1 atom stereocenters. The van der Waals surface area contributed by atoms with Crippen molar-refractivity contribution in [2.75, 3.05) is 0 Å². The van der Waals surface area contributed by atoms with Crippen LogP contribution in [0.25, 0.3) is 0 Å². The summed E-state index contributed by atoms with van der Waals surface area (Å²) in [5.41, 5.74) is 1.49. The van der Waals surface area contributed by atoms with E-state index in [0.29, 0.717) is 10.5 Å². The summed E-state index contributed by atoms with van der Waals surface area (Å²) in [6.07, 6.45) is -0.655. The molecule has 1 heterocycles. The predicted molar refractivity (Wildman–Crippen MR) is 69.1 cm³/mol. The second-order valence-corrected chi connectivity index (χ2v) is 5.28. The van der Waals surface area contributed by atoms with Gasteiger partial charge in [-0.1, -0.05) is 17.8 Å². The van der Waals surface area contributed by atoms with E-state index in [-0.39, 0.29) is 5.82 Å². The first-order valence-electron chi connectivity index (χ1n) is 5.63. The summed E-state index contributed by atoms with van der Waals surface area (Å²) in [6.45, 7) is 3.52. The lowest BCUT2D eigenvalue weighted by Gasteiger charge is -2.07. The molecule has 0 saturated heterocycles. The van der Waals surface area contributed by atoms with Crippen LogP contribution in [0.2, 0.25) is 0 Å². The minimum absolute atomic E-state index is 0.322. The molecule has 0 aliphatic carbocycles. The third-order valence-corrected chi connectivity index (χ3v) is 3.75. The van der Waals surface area contributed by atoms with Gasteiger partial charge in [0.25, 0.3) is 0 Å². The molecule has 5 heteroatoms. The zero-order valence-electron chi connectivity index (χ0n) is 10.5. The topological polar surface area (TPSA) is 38.0 Å². The number of aliphatic hydroxyl groups excluding tert-OH is 1. The largest absolute Gasteiger partial charge is 0.389 e. The molecule has 0 saturated carbocycles. The highest BCUT2D eigenvalue weighted by Crippen LogP contribution is 2.31. The highest BCUT2D eigenvalue weighted by molar-refractivity contribution is 7.99. The van der Waals surface area contributed by atoms with Crippen LogP contribution in [0, 0.1) is 12.7 Å². The molecule has 1 aromatic heterocycles. The van der Waals surface area contributed by atoms with E-state index < -0.39 is 6.10 Å². The first-order chi connectivity index (χ1) is 8.47. The van der Waals surface area contributed by atoms with Gasteiger partial charge in [0, 0.05) is 11.9 Å². The monoisotopic (exact) mass is 266 g/mol. The smallest absolute Gasteiger partial charge is 0.137 e. The van der Waals surface area contributed by atoms with Gasteiger partial charge >= 0.3 is 0 Å². The van der Waals surface area contributed by atoms with Crippen molar-refractivity contribution in [2.24, 2.45) is 7.05 Å². The third kappa shape index (κ3) is 2.73. The lowest BCUT2D eigenvalue weighted by Crippen LogP contribution is -1.95. The van der Waals surface area contributed by atoms with Crippen LogP contribution in [-0.2, 0) is 7.05 Å². The molecule has 0 aliphatic heterocycles. The Morgan fingerprint density at radius 3 is 2.61 bits per heavy atom. The molecule has 1 aromatic carbocycles. The highest BCUT2D eigenvalue weighted by Gasteiger charge is 2.10. The van der Waals surface area contributed by atoms with Crippen molar-refractivity contribution in [3.05, 3.63) is 41.3 Å². The number of aromatic nitrogens is 2. The molecule has 0 aliphatic rings. The Balaban J connectivity index is 2.27. The fourth-order valence-electron chi connectivity index (χ4n) is 1.65. The van der Waals surface area contributed by atoms with Crippen LogP contribution >= 0.6 is 11.8 Å². The number of rotatable bonds is 3. The predicted octanol–water partition coefficient (Wildman–Crippen LogP) is 3.07. The second-order valence-electron chi connectivity index (χ2n) is 4.22. The maximum absolute atomic E-state index is 13.9. The Morgan fingerprint density at radius 2 is 2.11 bits per heavy atom. The Morgan fingerprint density at radius 1 is 1.39 bits per heavy atom. The molecule has 2 aromatic rings. The number of aliphatic hydroxyl groups is 1. The van der Waals surface area contributed by atoms with Gasteiger partial charge < -0.3 is 5.11 Å². The van der Waals surface area contributed by atoms with Crippen molar-refractivity contribution in [1.82, 2.24) is 9.78 Å². The first kappa shape index (κ1) is 13.1. The van der Waals surface area contributed by atoms with E-state index >= 15 is 0 Å². The third-order valence-electron chi connectivity index (χ3n) is 2.61. The summed E-state index contributed by atoms with van der Waals surface area (Å²) in [5, 5.41) is 14.5. The Bertz CT molecular complexity index is 566. The molecular weight excluding hydrogens is 251 g/mol. The lowest BCUT2D eigenvalue weighted by atomic mass is 10.1. The Hall–Kier alpha value is -1.33. The van der Waals surface area contributed by atoms with Gasteiger partial charge in [0.2, 0.25) is 0 Å². The average Bonchev–Trinajstić information content (AvgIpc) is 2.60. The second kappa shape index (κ2) is 5.12. The molecule has 0 spiro atoms. The van der Waals surface area contributed by atoms with E-state index in [1.807, 2.05) is 20.0 Å². The minimum Gasteiger partial charge on any atom is -0.389 e. The van der Waals surface area contributed by atoms with E-state index in [0.717, 1.165) is 10.7 Å². The summed E-state index contributed by atoms with van der Waals surface area (Å²) in [5.74, 6) is -0.322. The lowest BCUT2D eigenvalue weighted by molar-refractivity contribution is 0.198. The van der Waals surface area contributed by atoms with Gasteiger partial charge in [-0.3, -0.25) is 4.68 Å². The average molecular weight is 266 g/mol. The SMILES string of the molecule is Cc1cc(Sc2ccc(C(C)O)cc2F)n(C)n1. The molecule has 1 N–H and O–H groups in total. The summed E-state index contributed by atoms with van der Waals surface area (Å²) >= 11 is 1.33. The van der Waals surface area contributed by atoms with Crippen LogP contribution in [0.3, 0.4) is 0 Å². The van der Waals surface area contributed by atoms with Gasteiger partial charge in [-0.05, 0) is 37.6 Å². The Kier molecular flexibility index (Phi) is 3.73. The van der Waals surface area contributed by atoms with E-state index in [9.17, 15) is 9.50 Å². The fourth-order valence-corrected chi connectivity index (χ4v) is 2.58. The van der Waals surface area contributed by atoms with Crippen molar-refractivity contribution in [1.29, 1.82) is 0 Å². The van der Waals surface area contributed by atoms with Gasteiger partial charge in [0.1, 0.15) is 5.82 Å². The minimum atomic E-state index is -0.655. The van der Waals surface area contributed by atoms with E-state index in [1.165, 1.54) is 17.8 Å². The van der Waals surface area contributed by atoms with Crippen molar-refractivity contribution in [2.45, 2.75) is 29.9 Å². The molecule has 96 valence electrons. The van der Waals surface area contributed by atoms with Gasteiger partial charge in [0.15, 0.2) is 0 Å². The van der Waals surface area contributed by atoms with Crippen LogP contribution in [0.15, 0.2) is 34.2 Å². The van der Waals surface area contributed by atoms with Crippen LogP contribution in [0.5, 0.6) is 0 Å². The van der Waals surface area contributed by atoms with E-state index in [2.05, 4.69) is 5.10 Å². The molecule has 1 unspecified atom stereocenters. The van der Waals surface area contributed by atoms with Crippen LogP contribution in [0.1, 0.15) is 24.3 Å². The quantitative estimate of drug-likeness (QED) is 0.927. The highest BCUT2D eigenvalue weighted by atomic mass is 32.2. The van der Waals surface area contributed by atoms with Crippen molar-refractivity contribution in [3.8, 4) is 0 Å². The molecule has 0 amide bonds. The van der Waals surface area contributed by atoms with Gasteiger partial charge in [0.05, 0.1) is 16.8 Å². The van der Waals surface area contributed by atoms with E-state index in [4.69, 9.17) is 0 Å². The van der Waals surface area contributed by atoms with Crippen molar-refractivity contribution >= 4 is 11.8 Å². The number of hydrogen-bond acceptors (Lipinski definition) is 3. The first-order valence-corrected chi connectivity index (χ1v) is 6.45. The summed E-state index contributed by atoms with van der Waals surface area (Å²) in [6, 6.07) is 6.70. The molecule has 18 heavy (non-hydrogen) atoms. The molecule has 0 bridgehead atoms. The summed E-state index contributed by atoms with van der Waals surface area (Å²) in [4.78, 5) is 0.530. The van der Waals surface area contributed by atoms with Crippen molar-refractivity contribution in [3.63, 3.8) is 0 Å². The molecule has 0 radical (unpaired) electrons. The molecular formula is C13H15FN2OS. The van der Waals surface area contributed by atoms with E-state index in [1.54, 1.807) is 23.7 Å². The normalized spacial score (nSPS) is 12.7. The van der Waals surface area contributed by atoms with Gasteiger partial charge in [-0.25, -0.2) is 4.39 Å². The molecule has 3 nitrogen and oxygen atoms in total.